The third kappa shape index (κ3) is 3.42. The number of hydrogen-bond acceptors (Lipinski definition) is 5. The molecule has 0 amide bonds. The molecule has 0 N–H and O–H groups in total. The maximum atomic E-state index is 5.05. The number of nitrogens with zero attached hydrogens (tertiary/aromatic N) is 4. The van der Waals surface area contributed by atoms with Crippen LogP contribution >= 0.6 is 11.8 Å². The van der Waals surface area contributed by atoms with Gasteiger partial charge in [0.05, 0.1) is 6.61 Å². The SMILES string of the molecule is C=CCn1c(SCCOC)nnc1-c1ccncc1. The number of rotatable bonds is 7. The van der Waals surface area contributed by atoms with Gasteiger partial charge < -0.3 is 4.74 Å². The maximum absolute atomic E-state index is 5.05. The van der Waals surface area contributed by atoms with Crippen molar-refractivity contribution in [2.24, 2.45) is 0 Å². The molecule has 2 aromatic rings. The van der Waals surface area contributed by atoms with Crippen LogP contribution in [0.5, 0.6) is 0 Å². The van der Waals surface area contributed by atoms with Crippen molar-refractivity contribution in [3.63, 3.8) is 0 Å². The molecular weight excluding hydrogens is 260 g/mol. The van der Waals surface area contributed by atoms with Crippen LogP contribution in [0.1, 0.15) is 0 Å². The van der Waals surface area contributed by atoms with Crippen molar-refractivity contribution < 1.29 is 4.74 Å². The Morgan fingerprint density at radius 2 is 2.16 bits per heavy atom. The lowest BCUT2D eigenvalue weighted by Crippen LogP contribution is -2.02. The molecule has 0 aromatic carbocycles. The van der Waals surface area contributed by atoms with Crippen LogP contribution in [0, 0.1) is 0 Å². The van der Waals surface area contributed by atoms with E-state index >= 15 is 0 Å². The number of hydrogen-bond donors (Lipinski definition) is 0. The quantitative estimate of drug-likeness (QED) is 0.441. The molecule has 6 heteroatoms. The van der Waals surface area contributed by atoms with Crippen LogP contribution in [0.2, 0.25) is 0 Å². The molecule has 2 aromatic heterocycles. The highest BCUT2D eigenvalue weighted by molar-refractivity contribution is 7.99. The lowest BCUT2D eigenvalue weighted by molar-refractivity contribution is 0.218. The molecule has 0 atom stereocenters. The van der Waals surface area contributed by atoms with E-state index in [9.17, 15) is 0 Å². The minimum atomic E-state index is 0.681. The van der Waals surface area contributed by atoms with E-state index in [-0.39, 0.29) is 0 Å². The van der Waals surface area contributed by atoms with E-state index in [0.29, 0.717) is 13.2 Å². The lowest BCUT2D eigenvalue weighted by atomic mass is 10.2. The smallest absolute Gasteiger partial charge is 0.191 e. The molecule has 5 nitrogen and oxygen atoms in total. The average molecular weight is 276 g/mol. The summed E-state index contributed by atoms with van der Waals surface area (Å²) in [6.07, 6.45) is 5.34. The van der Waals surface area contributed by atoms with Gasteiger partial charge in [0, 0.05) is 37.4 Å². The van der Waals surface area contributed by atoms with Gasteiger partial charge in [-0.3, -0.25) is 9.55 Å². The zero-order valence-electron chi connectivity index (χ0n) is 10.8. The largest absolute Gasteiger partial charge is 0.384 e. The highest BCUT2D eigenvalue weighted by Gasteiger charge is 2.12. The van der Waals surface area contributed by atoms with Crippen molar-refractivity contribution in [2.45, 2.75) is 11.7 Å². The molecule has 2 heterocycles. The first-order chi connectivity index (χ1) is 9.36. The summed E-state index contributed by atoms with van der Waals surface area (Å²) in [6, 6.07) is 3.85. The van der Waals surface area contributed by atoms with Crippen LogP contribution in [0.25, 0.3) is 11.4 Å². The van der Waals surface area contributed by atoms with Crippen LogP contribution in [-0.2, 0) is 11.3 Å². The Morgan fingerprint density at radius 3 is 2.84 bits per heavy atom. The van der Waals surface area contributed by atoms with Crippen molar-refractivity contribution in [3.8, 4) is 11.4 Å². The predicted octanol–water partition coefficient (Wildman–Crippen LogP) is 2.26. The lowest BCUT2D eigenvalue weighted by Gasteiger charge is -2.07. The molecule has 100 valence electrons. The van der Waals surface area contributed by atoms with Gasteiger partial charge in [-0.25, -0.2) is 0 Å². The molecule has 0 saturated heterocycles. The van der Waals surface area contributed by atoms with Crippen LogP contribution in [-0.4, -0.2) is 39.2 Å². The Bertz CT molecular complexity index is 527. The second-order valence-corrected chi connectivity index (χ2v) is 4.84. The standard InChI is InChI=1S/C13H16N4OS/c1-3-8-17-12(11-4-6-14-7-5-11)15-16-13(17)19-10-9-18-2/h3-7H,1,8-10H2,2H3. The van der Waals surface area contributed by atoms with E-state index in [4.69, 9.17) is 4.74 Å². The van der Waals surface area contributed by atoms with Crippen molar-refractivity contribution in [3.05, 3.63) is 37.2 Å². The van der Waals surface area contributed by atoms with Gasteiger partial charge in [-0.15, -0.1) is 16.8 Å². The first-order valence-corrected chi connectivity index (χ1v) is 6.91. The molecule has 0 saturated carbocycles. The van der Waals surface area contributed by atoms with Crippen LogP contribution in [0.15, 0.2) is 42.3 Å². The molecular formula is C13H16N4OS. The Balaban J connectivity index is 2.26. The highest BCUT2D eigenvalue weighted by atomic mass is 32.2. The van der Waals surface area contributed by atoms with E-state index in [1.807, 2.05) is 22.8 Å². The fourth-order valence-corrected chi connectivity index (χ4v) is 2.47. The summed E-state index contributed by atoms with van der Waals surface area (Å²) in [5.74, 6) is 1.68. The second-order valence-electron chi connectivity index (χ2n) is 3.78. The van der Waals surface area contributed by atoms with Gasteiger partial charge in [-0.05, 0) is 12.1 Å². The fraction of sp³-hybridized carbons (Fsp3) is 0.308. The third-order valence-corrected chi connectivity index (χ3v) is 3.42. The Hall–Kier alpha value is -1.66. The first kappa shape index (κ1) is 13.8. The van der Waals surface area contributed by atoms with Gasteiger partial charge in [0.25, 0.3) is 0 Å². The van der Waals surface area contributed by atoms with Crippen LogP contribution < -0.4 is 0 Å². The van der Waals surface area contributed by atoms with E-state index in [1.54, 1.807) is 31.3 Å². The van der Waals surface area contributed by atoms with Crippen LogP contribution in [0.3, 0.4) is 0 Å². The number of allylic oxidation sites excluding steroid dienone is 1. The summed E-state index contributed by atoms with van der Waals surface area (Å²) >= 11 is 1.63. The molecule has 19 heavy (non-hydrogen) atoms. The molecule has 0 fully saturated rings. The predicted molar refractivity (Wildman–Crippen MR) is 76.1 cm³/mol. The van der Waals surface area contributed by atoms with Gasteiger partial charge >= 0.3 is 0 Å². The molecule has 0 radical (unpaired) electrons. The number of aromatic nitrogens is 4. The van der Waals surface area contributed by atoms with E-state index in [0.717, 1.165) is 22.3 Å². The first-order valence-electron chi connectivity index (χ1n) is 5.93. The van der Waals surface area contributed by atoms with Gasteiger partial charge in [0.2, 0.25) is 0 Å². The maximum Gasteiger partial charge on any atom is 0.191 e. The normalized spacial score (nSPS) is 10.6. The Kier molecular flexibility index (Phi) is 5.11. The highest BCUT2D eigenvalue weighted by Crippen LogP contribution is 2.23. The monoisotopic (exact) mass is 276 g/mol. The average Bonchev–Trinajstić information content (AvgIpc) is 2.84. The summed E-state index contributed by atoms with van der Waals surface area (Å²) in [5.41, 5.74) is 1.00. The Labute approximate surface area is 116 Å². The van der Waals surface area contributed by atoms with Gasteiger partial charge in [-0.2, -0.15) is 0 Å². The number of methoxy groups -OCH3 is 1. The Morgan fingerprint density at radius 1 is 1.37 bits per heavy atom. The zero-order chi connectivity index (χ0) is 13.5. The van der Waals surface area contributed by atoms with Gasteiger partial charge in [0.1, 0.15) is 0 Å². The summed E-state index contributed by atoms with van der Waals surface area (Å²) in [7, 11) is 1.69. The van der Waals surface area contributed by atoms with Crippen molar-refractivity contribution in [2.75, 3.05) is 19.5 Å². The zero-order valence-corrected chi connectivity index (χ0v) is 11.6. The van der Waals surface area contributed by atoms with Gasteiger partial charge in [-0.1, -0.05) is 17.8 Å². The molecule has 0 spiro atoms. The second kappa shape index (κ2) is 7.06. The number of pyridine rings is 1. The van der Waals surface area contributed by atoms with E-state index < -0.39 is 0 Å². The topological polar surface area (TPSA) is 52.8 Å². The van der Waals surface area contributed by atoms with E-state index in [1.165, 1.54) is 0 Å². The van der Waals surface area contributed by atoms with E-state index in [2.05, 4.69) is 21.8 Å². The minimum Gasteiger partial charge on any atom is -0.384 e. The number of ether oxygens (including phenoxy) is 1. The summed E-state index contributed by atoms with van der Waals surface area (Å²) in [4.78, 5) is 4.01. The summed E-state index contributed by atoms with van der Waals surface area (Å²) in [5, 5.41) is 9.37. The van der Waals surface area contributed by atoms with Crippen LogP contribution in [0.4, 0.5) is 0 Å². The molecule has 0 aliphatic rings. The molecule has 0 bridgehead atoms. The molecule has 0 aliphatic heterocycles. The minimum absolute atomic E-state index is 0.681. The molecule has 0 unspecified atom stereocenters. The van der Waals surface area contributed by atoms with Crippen molar-refractivity contribution in [1.82, 2.24) is 19.7 Å². The third-order valence-electron chi connectivity index (χ3n) is 2.49. The molecule has 2 rings (SSSR count). The summed E-state index contributed by atoms with van der Waals surface area (Å²) in [6.45, 7) is 5.16. The van der Waals surface area contributed by atoms with Crippen molar-refractivity contribution >= 4 is 11.8 Å². The van der Waals surface area contributed by atoms with Crippen molar-refractivity contribution in [1.29, 1.82) is 0 Å². The summed E-state index contributed by atoms with van der Waals surface area (Å²) < 4.78 is 7.09. The number of thioether (sulfide) groups is 1. The fourth-order valence-electron chi connectivity index (χ4n) is 1.62. The molecule has 0 aliphatic carbocycles. The van der Waals surface area contributed by atoms with Gasteiger partial charge in [0.15, 0.2) is 11.0 Å².